The standard InChI is InChI=1S/C96H174N2O39P2/c1-7-13-19-25-29-31-35-41-47-53-77(108)127-67(51-45-39-33-27-21-15-9-3)57-75(106)97-81-89(131-79(110)55-65(101)49-43-37-23-17-11-5)85(114)73(129-92(81)137-139(122,123)124)63-125-91-82(98-76(107)58-68(52-46-40-34-28-22-16-10-4)128-78(109)54-48-42-36-32-30-26-20-14-8-2)90(132-80(111)56-66(102)50-44-38-24-18-12-6)88(136-138(119,120)121)74(130-91)64-126-95(93(115)116)60-72(84(113)87(134-95)71(105)62-100)133-96(94(117)118)59-69(103)83(112)86(135-96)70(104)61-99/h65-74,81-92,99-105,112-114H,7-64H2,1-6H3,(H,97,106)(H,98,107)(H,115,116)(H,117,118)(H2,119,120,121)(H2,122,123,124)/p-6/t65-,66-,67-,68-,69-,70-,71-,72-,73-,74-,81-,82-,83-,84-,85-,86-,87-,88-,89-,90-,91-,92-,95-,96-/m1/s1. The lowest BCUT2D eigenvalue weighted by atomic mass is 9.90. The Morgan fingerprint density at radius 1 is 0.396 bits per heavy atom. The lowest BCUT2D eigenvalue weighted by molar-refractivity contribution is -0.420. The number of hydrogen-bond donors (Lipinski definition) is 12. The van der Waals surface area contributed by atoms with Crippen molar-refractivity contribution in [2.75, 3.05) is 26.4 Å². The maximum atomic E-state index is 15.4. The number of carboxylic acid groups (broad SMARTS) is 2. The summed E-state index contributed by atoms with van der Waals surface area (Å²) in [4.78, 5) is 168. The van der Waals surface area contributed by atoms with Crippen molar-refractivity contribution in [1.29, 1.82) is 0 Å². The molecule has 0 radical (unpaired) electrons. The number of esters is 4. The van der Waals surface area contributed by atoms with Gasteiger partial charge in [-0.2, -0.15) is 0 Å². The molecule has 0 aromatic rings. The van der Waals surface area contributed by atoms with Crippen molar-refractivity contribution in [2.24, 2.45) is 0 Å². The van der Waals surface area contributed by atoms with Crippen molar-refractivity contribution < 1.29 is 189 Å². The van der Waals surface area contributed by atoms with Crippen LogP contribution in [0.15, 0.2) is 0 Å². The summed E-state index contributed by atoms with van der Waals surface area (Å²) in [6.07, 6.45) is -16.5. The van der Waals surface area contributed by atoms with E-state index in [4.69, 9.17) is 61.2 Å². The quantitative estimate of drug-likeness (QED) is 0.0159. The minimum Gasteiger partial charge on any atom is -0.790 e. The van der Waals surface area contributed by atoms with Crippen molar-refractivity contribution in [3.8, 4) is 0 Å². The van der Waals surface area contributed by atoms with Crippen molar-refractivity contribution in [1.82, 2.24) is 10.6 Å². The number of aliphatic hydroxyl groups excluding tert-OH is 10. The van der Waals surface area contributed by atoms with Crippen LogP contribution in [0.3, 0.4) is 0 Å². The first-order valence-electron chi connectivity index (χ1n) is 51.7. The van der Waals surface area contributed by atoms with Crippen LogP contribution in [0.5, 0.6) is 0 Å². The fourth-order valence-electron chi connectivity index (χ4n) is 17.9. The zero-order valence-electron chi connectivity index (χ0n) is 82.9. The highest BCUT2D eigenvalue weighted by atomic mass is 31.2. The molecule has 4 fully saturated rings. The van der Waals surface area contributed by atoms with Gasteiger partial charge in [-0.05, 0) is 51.4 Å². The van der Waals surface area contributed by atoms with Gasteiger partial charge in [0.15, 0.2) is 24.8 Å². The Bertz CT molecular complexity index is 3500. The molecule has 41 nitrogen and oxygen atoms in total. The van der Waals surface area contributed by atoms with Gasteiger partial charge in [0.05, 0.1) is 92.2 Å². The van der Waals surface area contributed by atoms with E-state index in [1.165, 1.54) is 0 Å². The van der Waals surface area contributed by atoms with E-state index in [0.29, 0.717) is 83.5 Å². The number of carboxylic acids is 2. The number of aliphatic hydroxyl groups is 10. The van der Waals surface area contributed by atoms with Crippen molar-refractivity contribution in [2.45, 2.75) is 534 Å². The van der Waals surface area contributed by atoms with Crippen LogP contribution >= 0.6 is 15.6 Å². The molecule has 0 saturated carbocycles. The van der Waals surface area contributed by atoms with Gasteiger partial charge in [0.2, 0.25) is 23.4 Å². The molecule has 4 aliphatic rings. The van der Waals surface area contributed by atoms with Gasteiger partial charge in [0.25, 0.3) is 0 Å². The van der Waals surface area contributed by atoms with E-state index in [1.807, 2.05) is 20.8 Å². The lowest BCUT2D eigenvalue weighted by Crippen LogP contribution is -2.71. The van der Waals surface area contributed by atoms with E-state index in [-0.39, 0.29) is 38.5 Å². The number of ether oxygens (including phenoxy) is 11. The Labute approximate surface area is 820 Å². The molecular weight excluding hydrogens is 1870 g/mol. The summed E-state index contributed by atoms with van der Waals surface area (Å²) in [5.74, 6) is -18.6. The number of phosphoric acid groups is 2. The van der Waals surface area contributed by atoms with Gasteiger partial charge in [-0.3, -0.25) is 28.8 Å². The highest BCUT2D eigenvalue weighted by molar-refractivity contribution is 7.43. The first-order valence-corrected chi connectivity index (χ1v) is 54.7. The van der Waals surface area contributed by atoms with E-state index in [9.17, 15) is 124 Å². The fourth-order valence-corrected chi connectivity index (χ4v) is 18.9. The highest BCUT2D eigenvalue weighted by Gasteiger charge is 2.60. The number of nitrogens with one attached hydrogen (secondary N) is 2. The minimum atomic E-state index is -6.69. The molecule has 4 heterocycles. The van der Waals surface area contributed by atoms with Crippen molar-refractivity contribution in [3.05, 3.63) is 0 Å². The predicted molar refractivity (Wildman–Crippen MR) is 489 cm³/mol. The molecule has 12 N–H and O–H groups in total. The largest absolute Gasteiger partial charge is 0.790 e. The van der Waals surface area contributed by atoms with E-state index in [1.54, 1.807) is 0 Å². The molecular formula is C96H168N2O39P2-6. The Hall–Kier alpha value is -4.70. The van der Waals surface area contributed by atoms with E-state index >= 15 is 4.79 Å². The van der Waals surface area contributed by atoms with Gasteiger partial charge >= 0.3 is 23.9 Å². The Morgan fingerprint density at radius 3 is 1.14 bits per heavy atom. The molecule has 4 aliphatic heterocycles. The third-order valence-corrected chi connectivity index (χ3v) is 26.7. The number of unbranched alkanes of at least 4 members (excludes halogenated alkanes) is 36. The molecule has 0 aliphatic carbocycles. The number of rotatable bonds is 80. The third-order valence-electron chi connectivity index (χ3n) is 25.8. The third kappa shape index (κ3) is 49.6. The summed E-state index contributed by atoms with van der Waals surface area (Å²) in [6, 6.07) is -4.64. The molecule has 0 aromatic carbocycles. The summed E-state index contributed by atoms with van der Waals surface area (Å²) in [5, 5.41) is 144. The number of carbonyl (C=O) groups excluding carboxylic acids is 8. The molecule has 0 aromatic heterocycles. The zero-order chi connectivity index (χ0) is 103. The summed E-state index contributed by atoms with van der Waals surface area (Å²) < 4.78 is 103. The van der Waals surface area contributed by atoms with E-state index in [0.717, 1.165) is 186 Å². The minimum absolute atomic E-state index is 0.0107. The summed E-state index contributed by atoms with van der Waals surface area (Å²) in [6.45, 7) is 6.51. The average molecular weight is 2040 g/mol. The smallest absolute Gasteiger partial charge is 0.308 e. The van der Waals surface area contributed by atoms with Gasteiger partial charge in [0, 0.05) is 25.7 Å². The second-order valence-electron chi connectivity index (χ2n) is 38.0. The van der Waals surface area contributed by atoms with Crippen LogP contribution < -0.4 is 40.4 Å². The Balaban J connectivity index is 2.05. The predicted octanol–water partition coefficient (Wildman–Crippen LogP) is 5.28. The van der Waals surface area contributed by atoms with Gasteiger partial charge in [-0.15, -0.1) is 0 Å². The molecule has 4 saturated heterocycles. The molecule has 139 heavy (non-hydrogen) atoms. The summed E-state index contributed by atoms with van der Waals surface area (Å²) in [7, 11) is -13.1. The number of carbonyl (C=O) groups is 8. The molecule has 43 heteroatoms. The van der Waals surface area contributed by atoms with Crippen molar-refractivity contribution in [3.63, 3.8) is 0 Å². The second kappa shape index (κ2) is 70.2. The number of aliphatic carboxylic acids is 2. The molecule has 2 amide bonds. The van der Waals surface area contributed by atoms with Gasteiger partial charge in [-0.1, -0.05) is 286 Å². The zero-order valence-corrected chi connectivity index (χ0v) is 84.7. The lowest BCUT2D eigenvalue weighted by Gasteiger charge is -2.53. The number of amides is 2. The first-order chi connectivity index (χ1) is 66.3. The molecule has 4 rings (SSSR count). The highest BCUT2D eigenvalue weighted by Crippen LogP contribution is 2.44. The molecule has 812 valence electrons. The Kier molecular flexibility index (Phi) is 63.9. The van der Waals surface area contributed by atoms with Gasteiger partial charge in [-0.25, -0.2) is 0 Å². The topological polar surface area (TPSA) is 655 Å². The van der Waals surface area contributed by atoms with Crippen LogP contribution in [-0.2, 0) is 109 Å². The van der Waals surface area contributed by atoms with Crippen LogP contribution in [0.4, 0.5) is 0 Å². The maximum Gasteiger partial charge on any atom is 0.308 e. The SMILES string of the molecule is CCCCCCCCCCCC(=O)O[C@H](CCCCCCCCC)CC(=O)N[C@H]1[C@H](OC[C@H]2O[C@H](OP(=O)([O-])[O-])[C@H](NC(=O)C[C@@H](CCCCCCCCC)OC(=O)CCCCCCCCCCC)[C@@H](OC(=O)C[C@H](O)CCCCCCC)[C@@H]2O)O[C@H](CO[C@]2(C(=O)[O-])C[C@@H](O[C@]3(C(=O)[O-])C[C@@H](O)[C@@H](O)[C@@H]([C@H](O)CO)O3)[C@@H](O)[C@@H]([C@H](O)CO)O2)[C@@H](OP(=O)([O-])[O-])[C@@H]1OC(=O)C[C@H](O)CCCCCCC. The number of phosphoric ester groups is 2. The van der Waals surface area contributed by atoms with E-state index < -0.39 is 274 Å². The summed E-state index contributed by atoms with van der Waals surface area (Å²) >= 11 is 0. The van der Waals surface area contributed by atoms with Gasteiger partial charge in [0.1, 0.15) is 97.3 Å². The monoisotopic (exact) mass is 2040 g/mol. The number of hydrogen-bond acceptors (Lipinski definition) is 39. The van der Waals surface area contributed by atoms with Gasteiger partial charge < -0.3 is 171 Å². The summed E-state index contributed by atoms with van der Waals surface area (Å²) in [5.41, 5.74) is 0. The Morgan fingerprint density at radius 2 is 0.748 bits per heavy atom. The fraction of sp³-hybridized carbons (Fsp3) is 0.917. The normalized spacial score (nSPS) is 26.5. The van der Waals surface area contributed by atoms with Crippen LogP contribution in [0, 0.1) is 0 Å². The maximum absolute atomic E-state index is 15.4. The molecule has 0 unspecified atom stereocenters. The van der Waals surface area contributed by atoms with E-state index in [2.05, 4.69) is 31.4 Å². The molecule has 0 bridgehead atoms. The van der Waals surface area contributed by atoms with Crippen LogP contribution in [-0.4, -0.2) is 271 Å². The van der Waals surface area contributed by atoms with Crippen molar-refractivity contribution >= 4 is 63.3 Å². The molecule has 0 spiro atoms. The van der Waals surface area contributed by atoms with Crippen LogP contribution in [0.2, 0.25) is 0 Å². The van der Waals surface area contributed by atoms with Crippen LogP contribution in [0.1, 0.15) is 388 Å². The molecule has 24 atom stereocenters. The van der Waals surface area contributed by atoms with Crippen LogP contribution in [0.25, 0.3) is 0 Å². The average Bonchev–Trinajstić information content (AvgIpc) is 0.705. The first kappa shape index (κ1) is 127. The second-order valence-corrected chi connectivity index (χ2v) is 40.2.